The molecule has 0 aromatic carbocycles. The molecule has 0 radical (unpaired) electrons. The number of hydrogen-bond donors (Lipinski definition) is 2. The van der Waals surface area contributed by atoms with Crippen LogP contribution in [-0.2, 0) is 0 Å². The summed E-state index contributed by atoms with van der Waals surface area (Å²) in [4.78, 5) is 3.90. The van der Waals surface area contributed by atoms with Crippen LogP contribution < -0.4 is 5.73 Å². The van der Waals surface area contributed by atoms with E-state index in [0.29, 0.717) is 16.6 Å². The lowest BCUT2D eigenvalue weighted by molar-refractivity contribution is 1.32. The highest BCUT2D eigenvalue weighted by Gasteiger charge is 2.00. The van der Waals surface area contributed by atoms with Crippen molar-refractivity contribution in [2.24, 2.45) is 0 Å². The van der Waals surface area contributed by atoms with Crippen LogP contribution in [0.25, 0.3) is 6.08 Å². The number of nitrogens with two attached hydrogens (primary N) is 1. The Balaban J connectivity index is 3.04. The Bertz CT molecular complexity index is 279. The molecule has 0 fully saturated rings. The number of pyridine rings is 1. The van der Waals surface area contributed by atoms with E-state index in [9.17, 15) is 0 Å². The van der Waals surface area contributed by atoms with Gasteiger partial charge >= 0.3 is 0 Å². The molecule has 1 heterocycles. The van der Waals surface area contributed by atoms with Crippen molar-refractivity contribution in [3.8, 4) is 0 Å². The minimum absolute atomic E-state index is 0.424. The van der Waals surface area contributed by atoms with Crippen LogP contribution in [0.3, 0.4) is 0 Å². The maximum Gasteiger partial charge on any atom is 0.138 e. The first-order valence-corrected chi connectivity index (χ1v) is 4.44. The van der Waals surface area contributed by atoms with Gasteiger partial charge in [0.1, 0.15) is 5.15 Å². The van der Waals surface area contributed by atoms with Crippen molar-refractivity contribution in [2.75, 3.05) is 11.5 Å². The second-order valence-electron chi connectivity index (χ2n) is 2.19. The van der Waals surface area contributed by atoms with Crippen molar-refractivity contribution in [3.63, 3.8) is 0 Å². The molecule has 2 nitrogen and oxygen atoms in total. The summed E-state index contributed by atoms with van der Waals surface area (Å²) < 4.78 is 0. The van der Waals surface area contributed by atoms with Crippen LogP contribution >= 0.6 is 24.2 Å². The molecule has 0 bridgehead atoms. The maximum atomic E-state index is 5.80. The highest BCUT2D eigenvalue weighted by molar-refractivity contribution is 7.80. The number of aromatic nitrogens is 1. The zero-order chi connectivity index (χ0) is 8.97. The van der Waals surface area contributed by atoms with E-state index in [1.807, 2.05) is 12.2 Å². The van der Waals surface area contributed by atoms with Gasteiger partial charge in [0.25, 0.3) is 0 Å². The molecular formula is C8H9ClN2S. The van der Waals surface area contributed by atoms with Crippen LogP contribution in [0.4, 0.5) is 5.69 Å². The lowest BCUT2D eigenvalue weighted by atomic mass is 10.2. The Hall–Kier alpha value is -0.670. The van der Waals surface area contributed by atoms with Gasteiger partial charge in [-0.25, -0.2) is 4.98 Å². The van der Waals surface area contributed by atoms with Gasteiger partial charge in [0.05, 0.1) is 0 Å². The van der Waals surface area contributed by atoms with Gasteiger partial charge in [-0.2, -0.15) is 12.6 Å². The van der Waals surface area contributed by atoms with E-state index in [-0.39, 0.29) is 0 Å². The quantitative estimate of drug-likeness (QED) is 0.568. The Morgan fingerprint density at radius 3 is 3.00 bits per heavy atom. The predicted octanol–water partition coefficient (Wildman–Crippen LogP) is 2.26. The summed E-state index contributed by atoms with van der Waals surface area (Å²) in [6.07, 6.45) is 5.26. The molecule has 2 N–H and O–H groups in total. The van der Waals surface area contributed by atoms with E-state index in [2.05, 4.69) is 17.6 Å². The van der Waals surface area contributed by atoms with Crippen molar-refractivity contribution >= 4 is 36.0 Å². The smallest absolute Gasteiger partial charge is 0.138 e. The van der Waals surface area contributed by atoms with Gasteiger partial charge in [0.2, 0.25) is 0 Å². The van der Waals surface area contributed by atoms with E-state index < -0.39 is 0 Å². The first kappa shape index (κ1) is 9.42. The molecule has 0 aliphatic rings. The first-order chi connectivity index (χ1) is 5.75. The van der Waals surface area contributed by atoms with Crippen LogP contribution in [0.1, 0.15) is 5.56 Å². The number of hydrogen-bond acceptors (Lipinski definition) is 3. The molecule has 0 aliphatic heterocycles. The summed E-state index contributed by atoms with van der Waals surface area (Å²) in [5, 5.41) is 0.424. The summed E-state index contributed by atoms with van der Waals surface area (Å²) in [6.45, 7) is 0. The maximum absolute atomic E-state index is 5.80. The summed E-state index contributed by atoms with van der Waals surface area (Å²) in [5.74, 6) is 0.657. The molecule has 0 saturated carbocycles. The standard InChI is InChI=1S/C8H9ClN2S/c9-8-6(2-1-5-12)7(10)3-4-11-8/h1-4,12H,5H2,(H2,10,11). The molecule has 1 rings (SSSR count). The van der Waals surface area contributed by atoms with Crippen molar-refractivity contribution in [1.29, 1.82) is 0 Å². The predicted molar refractivity (Wildman–Crippen MR) is 56.5 cm³/mol. The number of halogens is 1. The Morgan fingerprint density at radius 2 is 2.42 bits per heavy atom. The molecule has 1 aromatic heterocycles. The third-order valence-electron chi connectivity index (χ3n) is 1.37. The zero-order valence-corrected chi connectivity index (χ0v) is 8.02. The van der Waals surface area contributed by atoms with Crippen molar-refractivity contribution in [1.82, 2.24) is 4.98 Å². The van der Waals surface area contributed by atoms with E-state index >= 15 is 0 Å². The fourth-order valence-electron chi connectivity index (χ4n) is 0.797. The largest absolute Gasteiger partial charge is 0.398 e. The fourth-order valence-corrected chi connectivity index (χ4v) is 1.13. The Morgan fingerprint density at radius 1 is 1.67 bits per heavy atom. The lowest BCUT2D eigenvalue weighted by Crippen LogP contribution is -1.91. The van der Waals surface area contributed by atoms with Crippen LogP contribution in [0.2, 0.25) is 5.15 Å². The molecule has 0 aliphatic carbocycles. The normalized spacial score (nSPS) is 10.8. The molecule has 4 heteroatoms. The topological polar surface area (TPSA) is 38.9 Å². The van der Waals surface area contributed by atoms with E-state index in [1.54, 1.807) is 12.3 Å². The van der Waals surface area contributed by atoms with Gasteiger partial charge in [-0.3, -0.25) is 0 Å². The van der Waals surface area contributed by atoms with Gasteiger partial charge in [0.15, 0.2) is 0 Å². The highest BCUT2D eigenvalue weighted by atomic mass is 35.5. The van der Waals surface area contributed by atoms with E-state index in [1.165, 1.54) is 0 Å². The number of nitrogen functional groups attached to an aromatic ring is 1. The van der Waals surface area contributed by atoms with E-state index in [4.69, 9.17) is 17.3 Å². The number of anilines is 1. The fraction of sp³-hybridized carbons (Fsp3) is 0.125. The van der Waals surface area contributed by atoms with Crippen molar-refractivity contribution in [3.05, 3.63) is 29.1 Å². The third-order valence-corrected chi connectivity index (χ3v) is 1.88. The Kier molecular flexibility index (Phi) is 3.44. The molecule has 64 valence electrons. The van der Waals surface area contributed by atoms with Crippen LogP contribution in [-0.4, -0.2) is 10.7 Å². The van der Waals surface area contributed by atoms with Crippen LogP contribution in [0.5, 0.6) is 0 Å². The first-order valence-electron chi connectivity index (χ1n) is 3.43. The van der Waals surface area contributed by atoms with Gasteiger partial charge in [0, 0.05) is 23.2 Å². The summed E-state index contributed by atoms with van der Waals surface area (Å²) in [7, 11) is 0. The van der Waals surface area contributed by atoms with Crippen LogP contribution in [0.15, 0.2) is 18.3 Å². The molecule has 0 amide bonds. The molecule has 0 atom stereocenters. The highest BCUT2D eigenvalue weighted by Crippen LogP contribution is 2.20. The monoisotopic (exact) mass is 200 g/mol. The van der Waals surface area contributed by atoms with Crippen molar-refractivity contribution < 1.29 is 0 Å². The second-order valence-corrected chi connectivity index (χ2v) is 2.91. The lowest BCUT2D eigenvalue weighted by Gasteiger charge is -2.00. The summed E-state index contributed by atoms with van der Waals surface area (Å²) in [5.41, 5.74) is 7.05. The molecule has 1 aromatic rings. The molecule has 0 spiro atoms. The minimum Gasteiger partial charge on any atom is -0.398 e. The van der Waals surface area contributed by atoms with E-state index in [0.717, 1.165) is 5.56 Å². The SMILES string of the molecule is Nc1ccnc(Cl)c1C=CCS. The minimum atomic E-state index is 0.424. The number of nitrogens with zero attached hydrogens (tertiary/aromatic N) is 1. The van der Waals surface area contributed by atoms with Crippen molar-refractivity contribution in [2.45, 2.75) is 0 Å². The summed E-state index contributed by atoms with van der Waals surface area (Å²) in [6, 6.07) is 1.71. The molecule has 0 saturated heterocycles. The molecule has 0 unspecified atom stereocenters. The number of rotatable bonds is 2. The summed E-state index contributed by atoms with van der Waals surface area (Å²) >= 11 is 9.83. The zero-order valence-electron chi connectivity index (χ0n) is 6.37. The Labute approximate surface area is 81.9 Å². The average Bonchev–Trinajstić information content (AvgIpc) is 2.04. The van der Waals surface area contributed by atoms with Gasteiger partial charge in [-0.15, -0.1) is 0 Å². The van der Waals surface area contributed by atoms with Gasteiger partial charge in [-0.05, 0) is 6.07 Å². The van der Waals surface area contributed by atoms with Gasteiger partial charge in [-0.1, -0.05) is 23.8 Å². The van der Waals surface area contributed by atoms with Gasteiger partial charge < -0.3 is 5.73 Å². The second kappa shape index (κ2) is 4.38. The molecular weight excluding hydrogens is 192 g/mol. The molecule has 12 heavy (non-hydrogen) atoms. The third kappa shape index (κ3) is 2.16. The van der Waals surface area contributed by atoms with Crippen LogP contribution in [0, 0.1) is 0 Å². The average molecular weight is 201 g/mol. The number of thiol groups is 1.